The van der Waals surface area contributed by atoms with Gasteiger partial charge in [-0.1, -0.05) is 12.8 Å². The fraction of sp³-hybridized carbons (Fsp3) is 0.833. The van der Waals surface area contributed by atoms with Crippen molar-refractivity contribution in [1.29, 1.82) is 0 Å². The number of rotatable bonds is 5. The van der Waals surface area contributed by atoms with Crippen LogP contribution < -0.4 is 0 Å². The Balaban J connectivity index is 1.54. The van der Waals surface area contributed by atoms with Gasteiger partial charge in [-0.05, 0) is 38.0 Å². The van der Waals surface area contributed by atoms with Crippen LogP contribution in [0.4, 0.5) is 0 Å². The van der Waals surface area contributed by atoms with Gasteiger partial charge >= 0.3 is 5.97 Å². The van der Waals surface area contributed by atoms with Crippen LogP contribution >= 0.6 is 0 Å². The molecule has 3 fully saturated rings. The monoisotopic (exact) mass is 336 g/mol. The molecule has 0 aromatic carbocycles. The molecule has 134 valence electrons. The van der Waals surface area contributed by atoms with Gasteiger partial charge in [-0.3, -0.25) is 14.4 Å². The molecule has 2 saturated heterocycles. The van der Waals surface area contributed by atoms with E-state index in [4.69, 9.17) is 5.11 Å². The van der Waals surface area contributed by atoms with E-state index in [-0.39, 0.29) is 30.1 Å². The number of hydrogen-bond acceptors (Lipinski definition) is 3. The molecule has 2 amide bonds. The zero-order chi connectivity index (χ0) is 17.1. The van der Waals surface area contributed by atoms with Crippen molar-refractivity contribution in [2.24, 2.45) is 11.8 Å². The lowest BCUT2D eigenvalue weighted by molar-refractivity contribution is -0.138. The predicted molar refractivity (Wildman–Crippen MR) is 88.2 cm³/mol. The molecule has 0 radical (unpaired) electrons. The van der Waals surface area contributed by atoms with Gasteiger partial charge in [0, 0.05) is 38.5 Å². The van der Waals surface area contributed by atoms with E-state index in [0.29, 0.717) is 32.0 Å². The molecular formula is C18H28N2O4. The van der Waals surface area contributed by atoms with Crippen LogP contribution in [0, 0.1) is 11.8 Å². The summed E-state index contributed by atoms with van der Waals surface area (Å²) in [6.07, 6.45) is 7.61. The lowest BCUT2D eigenvalue weighted by atomic mass is 9.92. The van der Waals surface area contributed by atoms with Gasteiger partial charge in [-0.15, -0.1) is 0 Å². The molecule has 1 aliphatic carbocycles. The zero-order valence-electron chi connectivity index (χ0n) is 14.3. The first-order valence-corrected chi connectivity index (χ1v) is 9.34. The highest BCUT2D eigenvalue weighted by molar-refractivity contribution is 5.89. The Bertz CT molecular complexity index is 501. The Morgan fingerprint density at radius 1 is 1.08 bits per heavy atom. The molecule has 3 rings (SSSR count). The Kier molecular flexibility index (Phi) is 5.41. The minimum absolute atomic E-state index is 0.101. The quantitative estimate of drug-likeness (QED) is 0.831. The summed E-state index contributed by atoms with van der Waals surface area (Å²) in [6.45, 7) is 1.98. The summed E-state index contributed by atoms with van der Waals surface area (Å²) >= 11 is 0. The van der Waals surface area contributed by atoms with Gasteiger partial charge in [0.15, 0.2) is 0 Å². The molecule has 2 heterocycles. The van der Waals surface area contributed by atoms with Crippen molar-refractivity contribution in [3.05, 3.63) is 0 Å². The van der Waals surface area contributed by atoms with E-state index in [1.165, 1.54) is 12.8 Å². The molecule has 2 aliphatic heterocycles. The number of carboxylic acid groups (broad SMARTS) is 1. The fourth-order valence-electron chi connectivity index (χ4n) is 4.55. The number of carbonyl (C=O) groups excluding carboxylic acids is 2. The minimum atomic E-state index is -0.771. The van der Waals surface area contributed by atoms with Gasteiger partial charge < -0.3 is 14.9 Å². The molecule has 0 unspecified atom stereocenters. The topological polar surface area (TPSA) is 77.9 Å². The van der Waals surface area contributed by atoms with Crippen molar-refractivity contribution in [3.63, 3.8) is 0 Å². The van der Waals surface area contributed by atoms with Crippen LogP contribution in [-0.4, -0.2) is 58.4 Å². The van der Waals surface area contributed by atoms with Crippen molar-refractivity contribution >= 4 is 17.8 Å². The molecule has 6 heteroatoms. The Hall–Kier alpha value is -1.59. The summed E-state index contributed by atoms with van der Waals surface area (Å²) in [6, 6.07) is 0.347. The second-order valence-corrected chi connectivity index (χ2v) is 7.61. The van der Waals surface area contributed by atoms with E-state index in [2.05, 4.69) is 0 Å². The Morgan fingerprint density at radius 2 is 1.83 bits per heavy atom. The molecular weight excluding hydrogens is 308 g/mol. The van der Waals surface area contributed by atoms with Gasteiger partial charge in [-0.2, -0.15) is 0 Å². The van der Waals surface area contributed by atoms with E-state index in [9.17, 15) is 14.4 Å². The van der Waals surface area contributed by atoms with Gasteiger partial charge in [0.05, 0.1) is 5.92 Å². The van der Waals surface area contributed by atoms with Crippen molar-refractivity contribution in [3.8, 4) is 0 Å². The van der Waals surface area contributed by atoms with Gasteiger partial charge in [-0.25, -0.2) is 0 Å². The third-order valence-electron chi connectivity index (χ3n) is 5.87. The summed E-state index contributed by atoms with van der Waals surface area (Å²) in [7, 11) is 0. The smallest absolute Gasteiger partial charge is 0.303 e. The minimum Gasteiger partial charge on any atom is -0.481 e. The van der Waals surface area contributed by atoms with E-state index in [0.717, 1.165) is 32.2 Å². The highest BCUT2D eigenvalue weighted by Crippen LogP contribution is 2.31. The zero-order valence-corrected chi connectivity index (χ0v) is 14.3. The average molecular weight is 336 g/mol. The number of carboxylic acids is 1. The van der Waals surface area contributed by atoms with Crippen LogP contribution in [0.2, 0.25) is 0 Å². The average Bonchev–Trinajstić information content (AvgIpc) is 3.21. The second kappa shape index (κ2) is 7.53. The third-order valence-corrected chi connectivity index (χ3v) is 5.87. The van der Waals surface area contributed by atoms with Crippen LogP contribution in [0.25, 0.3) is 0 Å². The van der Waals surface area contributed by atoms with Gasteiger partial charge in [0.25, 0.3) is 0 Å². The number of hydrogen-bond donors (Lipinski definition) is 1. The van der Waals surface area contributed by atoms with Crippen LogP contribution in [0.5, 0.6) is 0 Å². The molecule has 2 atom stereocenters. The van der Waals surface area contributed by atoms with Gasteiger partial charge in [0.1, 0.15) is 0 Å². The maximum absolute atomic E-state index is 12.8. The second-order valence-electron chi connectivity index (χ2n) is 7.61. The molecule has 0 spiro atoms. The molecule has 24 heavy (non-hydrogen) atoms. The summed E-state index contributed by atoms with van der Waals surface area (Å²) in [5, 5.41) is 8.83. The maximum Gasteiger partial charge on any atom is 0.303 e. The number of likely N-dealkylation sites (tertiary alicyclic amines) is 2. The highest BCUT2D eigenvalue weighted by atomic mass is 16.4. The molecule has 0 bridgehead atoms. The summed E-state index contributed by atoms with van der Waals surface area (Å²) in [4.78, 5) is 39.7. The number of carbonyl (C=O) groups is 3. The third kappa shape index (κ3) is 3.90. The first-order chi connectivity index (χ1) is 11.5. The summed E-state index contributed by atoms with van der Waals surface area (Å²) in [5.41, 5.74) is 0. The number of amides is 2. The molecule has 1 N–H and O–H groups in total. The Morgan fingerprint density at radius 3 is 2.54 bits per heavy atom. The van der Waals surface area contributed by atoms with Crippen molar-refractivity contribution < 1.29 is 19.5 Å². The number of aliphatic carboxylic acids is 1. The number of nitrogens with zero attached hydrogens (tertiary/aromatic N) is 2. The number of piperidine rings is 1. The van der Waals surface area contributed by atoms with Crippen LogP contribution in [0.3, 0.4) is 0 Å². The van der Waals surface area contributed by atoms with E-state index in [1.54, 1.807) is 0 Å². The van der Waals surface area contributed by atoms with E-state index in [1.807, 2.05) is 9.80 Å². The maximum atomic E-state index is 12.8. The first kappa shape index (κ1) is 17.2. The SMILES string of the molecule is O=C(O)CC[C@H]1CCCN(C(=O)[C@H]2CC(=O)N(C3CCCC3)C2)C1. The van der Waals surface area contributed by atoms with Crippen LogP contribution in [0.15, 0.2) is 0 Å². The standard InChI is InChI=1S/C18H28N2O4/c21-16-10-14(12-20(16)15-5-1-2-6-15)18(24)19-9-3-4-13(11-19)7-8-17(22)23/h13-15H,1-12H2,(H,22,23)/t13-,14+/m1/s1. The molecule has 6 nitrogen and oxygen atoms in total. The van der Waals surface area contributed by atoms with Crippen LogP contribution in [-0.2, 0) is 14.4 Å². The van der Waals surface area contributed by atoms with E-state index < -0.39 is 5.97 Å². The highest BCUT2D eigenvalue weighted by Gasteiger charge is 2.40. The summed E-state index contributed by atoms with van der Waals surface area (Å²) < 4.78 is 0. The Labute approximate surface area is 143 Å². The largest absolute Gasteiger partial charge is 0.481 e. The molecule has 1 saturated carbocycles. The fourth-order valence-corrected chi connectivity index (χ4v) is 4.55. The van der Waals surface area contributed by atoms with Crippen molar-refractivity contribution in [2.45, 2.75) is 63.8 Å². The van der Waals surface area contributed by atoms with Gasteiger partial charge in [0.2, 0.25) is 11.8 Å². The summed E-state index contributed by atoms with van der Waals surface area (Å²) in [5.74, 6) is -0.450. The lowest BCUT2D eigenvalue weighted by Crippen LogP contribution is -2.44. The predicted octanol–water partition coefficient (Wildman–Crippen LogP) is 1.88. The van der Waals surface area contributed by atoms with Crippen molar-refractivity contribution in [2.75, 3.05) is 19.6 Å². The first-order valence-electron chi connectivity index (χ1n) is 9.34. The normalized spacial score (nSPS) is 28.6. The lowest BCUT2D eigenvalue weighted by Gasteiger charge is -2.34. The molecule has 0 aromatic rings. The van der Waals surface area contributed by atoms with Crippen LogP contribution in [0.1, 0.15) is 57.8 Å². The molecule has 0 aromatic heterocycles. The van der Waals surface area contributed by atoms with Crippen molar-refractivity contribution in [1.82, 2.24) is 9.80 Å². The molecule has 3 aliphatic rings. The van der Waals surface area contributed by atoms with E-state index >= 15 is 0 Å².